The summed E-state index contributed by atoms with van der Waals surface area (Å²) in [7, 11) is -3.98. The van der Waals surface area contributed by atoms with E-state index in [1.165, 1.54) is 18.2 Å². The maximum atomic E-state index is 13.4. The Balaban J connectivity index is 1.71. The summed E-state index contributed by atoms with van der Waals surface area (Å²) in [6, 6.07) is 18.8. The average molecular weight is 487 g/mol. The number of carbonyl (C=O) groups excluding carboxylic acids is 1. The largest absolute Gasteiger partial charge is 0.491 e. The molecule has 0 aromatic heterocycles. The van der Waals surface area contributed by atoms with Crippen molar-refractivity contribution in [2.45, 2.75) is 25.7 Å². The molecule has 0 saturated heterocycles. The van der Waals surface area contributed by atoms with E-state index in [4.69, 9.17) is 16.3 Å². The summed E-state index contributed by atoms with van der Waals surface area (Å²) in [5, 5.41) is 3.11. The van der Waals surface area contributed by atoms with Gasteiger partial charge in [0.05, 0.1) is 17.1 Å². The summed E-state index contributed by atoms with van der Waals surface area (Å²) in [6.07, 6.45) is 0. The lowest BCUT2D eigenvalue weighted by Crippen LogP contribution is -2.42. The van der Waals surface area contributed by atoms with E-state index in [0.717, 1.165) is 26.7 Å². The highest BCUT2D eigenvalue weighted by atomic mass is 35.5. The van der Waals surface area contributed by atoms with Crippen molar-refractivity contribution >= 4 is 33.2 Å². The van der Waals surface area contributed by atoms with Crippen molar-refractivity contribution in [3.63, 3.8) is 0 Å². The molecule has 0 heterocycles. The Morgan fingerprint density at radius 3 is 2.36 bits per heavy atom. The monoisotopic (exact) mass is 486 g/mol. The third-order valence-electron chi connectivity index (χ3n) is 5.02. The van der Waals surface area contributed by atoms with Crippen LogP contribution in [0.25, 0.3) is 0 Å². The zero-order valence-corrected chi connectivity index (χ0v) is 20.4. The van der Waals surface area contributed by atoms with E-state index in [9.17, 15) is 13.2 Å². The minimum atomic E-state index is -3.98. The van der Waals surface area contributed by atoms with Gasteiger partial charge in [0.25, 0.3) is 10.0 Å². The molecule has 3 aromatic carbocycles. The molecule has 0 fully saturated rings. The number of amides is 1. The summed E-state index contributed by atoms with van der Waals surface area (Å²) in [5.41, 5.74) is 3.33. The lowest BCUT2D eigenvalue weighted by Gasteiger charge is -2.24. The van der Waals surface area contributed by atoms with Crippen LogP contribution < -0.4 is 14.4 Å². The van der Waals surface area contributed by atoms with E-state index in [1.807, 2.05) is 39.0 Å². The Labute approximate surface area is 200 Å². The number of halogens is 1. The number of aryl methyl sites for hydroxylation is 3. The van der Waals surface area contributed by atoms with Crippen molar-refractivity contribution in [3.05, 3.63) is 88.4 Å². The van der Waals surface area contributed by atoms with Gasteiger partial charge in [-0.25, -0.2) is 8.42 Å². The van der Waals surface area contributed by atoms with Crippen LogP contribution in [-0.2, 0) is 14.8 Å². The summed E-state index contributed by atoms with van der Waals surface area (Å²) in [5.74, 6) is 0.307. The zero-order valence-electron chi connectivity index (χ0n) is 18.8. The number of hydrogen-bond donors (Lipinski definition) is 1. The molecule has 0 atom stereocenters. The van der Waals surface area contributed by atoms with Crippen LogP contribution in [0.4, 0.5) is 5.69 Å². The maximum Gasteiger partial charge on any atom is 0.264 e. The van der Waals surface area contributed by atoms with Gasteiger partial charge in [-0.3, -0.25) is 9.10 Å². The fourth-order valence-corrected chi connectivity index (χ4v) is 4.78. The van der Waals surface area contributed by atoms with Crippen molar-refractivity contribution < 1.29 is 17.9 Å². The number of carbonyl (C=O) groups is 1. The molecule has 0 aliphatic carbocycles. The number of hydrogen-bond acceptors (Lipinski definition) is 4. The fraction of sp³-hybridized carbons (Fsp3) is 0.240. The Kier molecular flexibility index (Phi) is 8.00. The first-order valence-electron chi connectivity index (χ1n) is 10.5. The highest BCUT2D eigenvalue weighted by Crippen LogP contribution is 2.26. The van der Waals surface area contributed by atoms with Crippen molar-refractivity contribution in [2.75, 3.05) is 24.0 Å². The van der Waals surface area contributed by atoms with Crippen LogP contribution >= 0.6 is 11.6 Å². The average Bonchev–Trinajstić information content (AvgIpc) is 2.77. The molecule has 33 heavy (non-hydrogen) atoms. The predicted octanol–water partition coefficient (Wildman–Crippen LogP) is 4.66. The van der Waals surface area contributed by atoms with E-state index in [0.29, 0.717) is 10.7 Å². The highest BCUT2D eigenvalue weighted by Gasteiger charge is 2.27. The van der Waals surface area contributed by atoms with Gasteiger partial charge >= 0.3 is 0 Å². The van der Waals surface area contributed by atoms with Crippen LogP contribution in [-0.4, -0.2) is 34.0 Å². The molecular formula is C25H27ClN2O4S. The van der Waals surface area contributed by atoms with Crippen LogP contribution in [0.3, 0.4) is 0 Å². The second-order valence-electron chi connectivity index (χ2n) is 7.77. The molecular weight excluding hydrogens is 460 g/mol. The van der Waals surface area contributed by atoms with Crippen LogP contribution in [0.15, 0.2) is 71.6 Å². The van der Waals surface area contributed by atoms with Gasteiger partial charge in [0.2, 0.25) is 5.91 Å². The first kappa shape index (κ1) is 24.6. The third-order valence-corrected chi connectivity index (χ3v) is 7.04. The molecule has 0 spiro atoms. The Hall–Kier alpha value is -3.03. The van der Waals surface area contributed by atoms with Gasteiger partial charge in [0.15, 0.2) is 0 Å². The van der Waals surface area contributed by atoms with E-state index in [1.54, 1.807) is 30.3 Å². The van der Waals surface area contributed by atoms with Crippen LogP contribution in [0.2, 0.25) is 5.02 Å². The Bertz CT molecular complexity index is 1230. The van der Waals surface area contributed by atoms with Gasteiger partial charge in [-0.15, -0.1) is 0 Å². The van der Waals surface area contributed by atoms with Crippen molar-refractivity contribution in [2.24, 2.45) is 0 Å². The molecule has 6 nitrogen and oxygen atoms in total. The lowest BCUT2D eigenvalue weighted by atomic mass is 10.1. The number of ether oxygens (including phenoxy) is 1. The standard InChI is InChI=1S/C25H27ClN2O4S/c1-18-8-11-23(12-9-18)33(30,31)28(22-6-4-5-21(26)16-22)17-25(29)27-13-14-32-24-15-19(2)7-10-20(24)3/h4-12,15-16H,13-14,17H2,1-3H3,(H,27,29). The number of nitrogens with zero attached hydrogens (tertiary/aromatic N) is 1. The minimum Gasteiger partial charge on any atom is -0.491 e. The highest BCUT2D eigenvalue weighted by molar-refractivity contribution is 7.92. The molecule has 174 valence electrons. The molecule has 0 radical (unpaired) electrons. The molecule has 0 unspecified atom stereocenters. The van der Waals surface area contributed by atoms with Crippen molar-refractivity contribution in [1.82, 2.24) is 5.32 Å². The van der Waals surface area contributed by atoms with Crippen molar-refractivity contribution in [3.8, 4) is 5.75 Å². The van der Waals surface area contributed by atoms with E-state index < -0.39 is 15.9 Å². The number of anilines is 1. The summed E-state index contributed by atoms with van der Waals surface area (Å²) in [6.45, 7) is 5.91. The number of rotatable bonds is 9. The van der Waals surface area contributed by atoms with Crippen LogP contribution in [0.5, 0.6) is 5.75 Å². The SMILES string of the molecule is Cc1ccc(S(=O)(=O)N(CC(=O)NCCOc2cc(C)ccc2C)c2cccc(Cl)c2)cc1. The number of benzene rings is 3. The molecule has 8 heteroatoms. The minimum absolute atomic E-state index is 0.0964. The van der Waals surface area contributed by atoms with Gasteiger partial charge in [0.1, 0.15) is 18.9 Å². The summed E-state index contributed by atoms with van der Waals surface area (Å²) < 4.78 is 33.5. The van der Waals surface area contributed by atoms with Gasteiger partial charge in [-0.1, -0.05) is 47.5 Å². The first-order valence-corrected chi connectivity index (χ1v) is 12.3. The first-order chi connectivity index (χ1) is 15.7. The predicted molar refractivity (Wildman–Crippen MR) is 132 cm³/mol. The topological polar surface area (TPSA) is 75.7 Å². The normalized spacial score (nSPS) is 11.2. The zero-order chi connectivity index (χ0) is 24.0. The molecule has 0 saturated carbocycles. The van der Waals surface area contributed by atoms with E-state index in [-0.39, 0.29) is 24.6 Å². The molecule has 1 N–H and O–H groups in total. The van der Waals surface area contributed by atoms with Crippen molar-refractivity contribution in [1.29, 1.82) is 0 Å². The van der Waals surface area contributed by atoms with E-state index in [2.05, 4.69) is 5.32 Å². The van der Waals surface area contributed by atoms with Gasteiger partial charge in [-0.2, -0.15) is 0 Å². The molecule has 0 aliphatic rings. The summed E-state index contributed by atoms with van der Waals surface area (Å²) >= 11 is 6.09. The third kappa shape index (κ3) is 6.49. The second-order valence-corrected chi connectivity index (χ2v) is 10.1. The van der Waals surface area contributed by atoms with Crippen LogP contribution in [0, 0.1) is 20.8 Å². The number of sulfonamides is 1. The second kappa shape index (κ2) is 10.7. The molecule has 3 aromatic rings. The molecule has 0 aliphatic heterocycles. The maximum absolute atomic E-state index is 13.4. The molecule has 1 amide bonds. The van der Waals surface area contributed by atoms with Gasteiger partial charge in [-0.05, 0) is 68.3 Å². The Morgan fingerprint density at radius 1 is 0.970 bits per heavy atom. The lowest BCUT2D eigenvalue weighted by molar-refractivity contribution is -0.119. The Morgan fingerprint density at radius 2 is 1.67 bits per heavy atom. The van der Waals surface area contributed by atoms with Gasteiger partial charge in [0, 0.05) is 5.02 Å². The van der Waals surface area contributed by atoms with Crippen LogP contribution in [0.1, 0.15) is 16.7 Å². The quantitative estimate of drug-likeness (QED) is 0.446. The summed E-state index contributed by atoms with van der Waals surface area (Å²) in [4.78, 5) is 12.8. The number of nitrogens with one attached hydrogen (secondary N) is 1. The molecule has 0 bridgehead atoms. The van der Waals surface area contributed by atoms with Gasteiger partial charge < -0.3 is 10.1 Å². The van der Waals surface area contributed by atoms with E-state index >= 15 is 0 Å². The molecule has 3 rings (SSSR count). The smallest absolute Gasteiger partial charge is 0.264 e. The fourth-order valence-electron chi connectivity index (χ4n) is 3.18.